The van der Waals surface area contributed by atoms with Gasteiger partial charge in [-0.2, -0.15) is 5.10 Å². The van der Waals surface area contributed by atoms with Gasteiger partial charge in [0.05, 0.1) is 5.69 Å². The minimum atomic E-state index is 0.742. The van der Waals surface area contributed by atoms with Crippen LogP contribution in [0.3, 0.4) is 0 Å². The van der Waals surface area contributed by atoms with Gasteiger partial charge >= 0.3 is 0 Å². The molecular weight excluding hydrogens is 210 g/mol. The third kappa shape index (κ3) is 3.34. The molecule has 1 aromatic heterocycles. The zero-order valence-corrected chi connectivity index (χ0v) is 10.4. The van der Waals surface area contributed by atoms with Gasteiger partial charge < -0.3 is 5.32 Å². The van der Waals surface area contributed by atoms with E-state index in [1.807, 2.05) is 16.9 Å². The van der Waals surface area contributed by atoms with E-state index in [4.69, 9.17) is 0 Å². The first-order chi connectivity index (χ1) is 8.25. The summed E-state index contributed by atoms with van der Waals surface area (Å²) in [6.45, 7) is 5.50. The molecule has 0 saturated heterocycles. The summed E-state index contributed by atoms with van der Waals surface area (Å²) in [4.78, 5) is 0. The van der Waals surface area contributed by atoms with Gasteiger partial charge in [0.25, 0.3) is 0 Å². The van der Waals surface area contributed by atoms with Gasteiger partial charge in [0.2, 0.25) is 0 Å². The second kappa shape index (κ2) is 5.53. The van der Waals surface area contributed by atoms with Crippen molar-refractivity contribution in [2.45, 2.75) is 20.3 Å². The lowest BCUT2D eigenvalue weighted by atomic mass is 10.1. The fourth-order valence-corrected chi connectivity index (χ4v) is 1.66. The standard InChI is InChI=1S/C14H19N3/c1-12(2)8-10-15-13-4-6-14(7-5-13)17-11-3-9-16-17/h3-7,9,11-12,15H,8,10H2,1-2H3. The van der Waals surface area contributed by atoms with Gasteiger partial charge in [-0.15, -0.1) is 0 Å². The van der Waals surface area contributed by atoms with E-state index >= 15 is 0 Å². The molecule has 0 aliphatic rings. The first kappa shape index (κ1) is 11.7. The lowest BCUT2D eigenvalue weighted by Gasteiger charge is -2.09. The average Bonchev–Trinajstić information content (AvgIpc) is 2.83. The van der Waals surface area contributed by atoms with Crippen molar-refractivity contribution in [1.29, 1.82) is 0 Å². The normalized spacial score (nSPS) is 10.8. The predicted molar refractivity (Wildman–Crippen MR) is 71.5 cm³/mol. The molecule has 2 rings (SSSR count). The molecule has 0 aliphatic carbocycles. The first-order valence-electron chi connectivity index (χ1n) is 6.09. The minimum absolute atomic E-state index is 0.742. The number of hydrogen-bond acceptors (Lipinski definition) is 2. The fourth-order valence-electron chi connectivity index (χ4n) is 1.66. The summed E-state index contributed by atoms with van der Waals surface area (Å²) in [6, 6.07) is 10.3. The number of benzene rings is 1. The van der Waals surface area contributed by atoms with Crippen molar-refractivity contribution in [2.24, 2.45) is 5.92 Å². The maximum absolute atomic E-state index is 4.20. The van der Waals surface area contributed by atoms with Gasteiger partial charge in [-0.3, -0.25) is 0 Å². The predicted octanol–water partition coefficient (Wildman–Crippen LogP) is 3.33. The largest absolute Gasteiger partial charge is 0.385 e. The second-order valence-electron chi connectivity index (χ2n) is 4.61. The highest BCUT2D eigenvalue weighted by molar-refractivity contribution is 5.48. The smallest absolute Gasteiger partial charge is 0.0647 e. The third-order valence-electron chi connectivity index (χ3n) is 2.69. The van der Waals surface area contributed by atoms with Crippen LogP contribution in [0.4, 0.5) is 5.69 Å². The van der Waals surface area contributed by atoms with Crippen molar-refractivity contribution in [2.75, 3.05) is 11.9 Å². The summed E-state index contributed by atoms with van der Waals surface area (Å²) >= 11 is 0. The lowest BCUT2D eigenvalue weighted by Crippen LogP contribution is -2.04. The minimum Gasteiger partial charge on any atom is -0.385 e. The lowest BCUT2D eigenvalue weighted by molar-refractivity contribution is 0.607. The van der Waals surface area contributed by atoms with E-state index in [9.17, 15) is 0 Å². The maximum atomic E-state index is 4.20. The zero-order valence-electron chi connectivity index (χ0n) is 10.4. The monoisotopic (exact) mass is 229 g/mol. The second-order valence-corrected chi connectivity index (χ2v) is 4.61. The van der Waals surface area contributed by atoms with Crippen LogP contribution in [0.1, 0.15) is 20.3 Å². The molecule has 0 saturated carbocycles. The Labute approximate surface area is 102 Å². The van der Waals surface area contributed by atoms with Crippen LogP contribution in [0.25, 0.3) is 5.69 Å². The van der Waals surface area contributed by atoms with Crippen LogP contribution in [0, 0.1) is 5.92 Å². The van der Waals surface area contributed by atoms with Gasteiger partial charge in [-0.1, -0.05) is 13.8 Å². The Balaban J connectivity index is 1.94. The molecule has 1 heterocycles. The zero-order chi connectivity index (χ0) is 12.1. The number of nitrogens with one attached hydrogen (secondary N) is 1. The SMILES string of the molecule is CC(C)CCNc1ccc(-n2cccn2)cc1. The van der Waals surface area contributed by atoms with E-state index in [1.165, 1.54) is 12.1 Å². The number of aromatic nitrogens is 2. The number of rotatable bonds is 5. The van der Waals surface area contributed by atoms with E-state index < -0.39 is 0 Å². The molecule has 0 atom stereocenters. The van der Waals surface area contributed by atoms with E-state index in [-0.39, 0.29) is 0 Å². The molecule has 0 bridgehead atoms. The summed E-state index contributed by atoms with van der Waals surface area (Å²) < 4.78 is 1.86. The van der Waals surface area contributed by atoms with Crippen molar-refractivity contribution in [3.05, 3.63) is 42.7 Å². The molecule has 2 aromatic rings. The van der Waals surface area contributed by atoms with Crippen molar-refractivity contribution in [1.82, 2.24) is 9.78 Å². The van der Waals surface area contributed by atoms with Crippen molar-refractivity contribution in [3.63, 3.8) is 0 Å². The van der Waals surface area contributed by atoms with Crippen LogP contribution in [-0.4, -0.2) is 16.3 Å². The van der Waals surface area contributed by atoms with Gasteiger partial charge in [0.15, 0.2) is 0 Å². The van der Waals surface area contributed by atoms with Crippen molar-refractivity contribution < 1.29 is 0 Å². The molecule has 0 fully saturated rings. The summed E-state index contributed by atoms with van der Waals surface area (Å²) in [6.07, 6.45) is 4.93. The van der Waals surface area contributed by atoms with E-state index in [0.717, 1.165) is 18.2 Å². The van der Waals surface area contributed by atoms with Gasteiger partial charge in [-0.25, -0.2) is 4.68 Å². The number of hydrogen-bond donors (Lipinski definition) is 1. The average molecular weight is 229 g/mol. The van der Waals surface area contributed by atoms with E-state index in [2.05, 4.69) is 48.5 Å². The van der Waals surface area contributed by atoms with Gasteiger partial charge in [0, 0.05) is 24.6 Å². The Morgan fingerprint density at radius 2 is 2.00 bits per heavy atom. The third-order valence-corrected chi connectivity index (χ3v) is 2.69. The van der Waals surface area contributed by atoms with Crippen LogP contribution in [0.5, 0.6) is 0 Å². The van der Waals surface area contributed by atoms with E-state index in [1.54, 1.807) is 6.20 Å². The Morgan fingerprint density at radius 3 is 2.59 bits per heavy atom. The molecule has 0 spiro atoms. The molecular formula is C14H19N3. The summed E-state index contributed by atoms with van der Waals surface area (Å²) in [5.74, 6) is 0.742. The van der Waals surface area contributed by atoms with Crippen LogP contribution in [0.15, 0.2) is 42.7 Å². The molecule has 3 heteroatoms. The highest BCUT2D eigenvalue weighted by atomic mass is 15.3. The Kier molecular flexibility index (Phi) is 3.81. The molecule has 0 aliphatic heterocycles. The van der Waals surface area contributed by atoms with E-state index in [0.29, 0.717) is 0 Å². The first-order valence-corrected chi connectivity index (χ1v) is 6.09. The molecule has 17 heavy (non-hydrogen) atoms. The molecule has 1 N–H and O–H groups in total. The van der Waals surface area contributed by atoms with Crippen LogP contribution in [-0.2, 0) is 0 Å². The molecule has 0 radical (unpaired) electrons. The molecule has 0 unspecified atom stereocenters. The summed E-state index contributed by atoms with van der Waals surface area (Å²) in [7, 11) is 0. The summed E-state index contributed by atoms with van der Waals surface area (Å²) in [5.41, 5.74) is 2.26. The Bertz CT molecular complexity index is 429. The summed E-state index contributed by atoms with van der Waals surface area (Å²) in [5, 5.41) is 7.62. The molecule has 1 aromatic carbocycles. The highest BCUT2D eigenvalue weighted by Gasteiger charge is 1.97. The van der Waals surface area contributed by atoms with Gasteiger partial charge in [-0.05, 0) is 42.7 Å². The van der Waals surface area contributed by atoms with Crippen LogP contribution in [0.2, 0.25) is 0 Å². The molecule has 3 nitrogen and oxygen atoms in total. The topological polar surface area (TPSA) is 29.9 Å². The number of nitrogens with zero attached hydrogens (tertiary/aromatic N) is 2. The molecule has 0 amide bonds. The van der Waals surface area contributed by atoms with Gasteiger partial charge in [0.1, 0.15) is 0 Å². The number of anilines is 1. The Morgan fingerprint density at radius 1 is 1.24 bits per heavy atom. The Hall–Kier alpha value is -1.77. The van der Waals surface area contributed by atoms with Crippen LogP contribution >= 0.6 is 0 Å². The quantitative estimate of drug-likeness (QED) is 0.852. The fraction of sp³-hybridized carbons (Fsp3) is 0.357. The maximum Gasteiger partial charge on any atom is 0.0647 e. The highest BCUT2D eigenvalue weighted by Crippen LogP contribution is 2.12. The van der Waals surface area contributed by atoms with Crippen molar-refractivity contribution >= 4 is 5.69 Å². The van der Waals surface area contributed by atoms with Crippen molar-refractivity contribution in [3.8, 4) is 5.69 Å². The van der Waals surface area contributed by atoms with Crippen LogP contribution < -0.4 is 5.32 Å². The molecule has 90 valence electrons.